The number of likely N-dealkylation sites (N-methyl/N-ethyl adjacent to an activating group) is 2. The Morgan fingerprint density at radius 1 is 1.26 bits per heavy atom. The molecule has 1 heterocycles. The van der Waals surface area contributed by atoms with Crippen LogP contribution in [0.25, 0.3) is 0 Å². The fourth-order valence-electron chi connectivity index (χ4n) is 2.74. The number of piperidine rings is 1. The van der Waals surface area contributed by atoms with Gasteiger partial charge in [-0.25, -0.2) is 0 Å². The molecule has 0 N–H and O–H groups in total. The minimum Gasteiger partial charge on any atom is -0.341 e. The fraction of sp³-hybridized carbons (Fsp3) is 0.933. The minimum atomic E-state index is 0.238. The van der Waals surface area contributed by atoms with Gasteiger partial charge in [0.05, 0.1) is 0 Å². The van der Waals surface area contributed by atoms with Crippen LogP contribution in [-0.4, -0.2) is 74.0 Å². The van der Waals surface area contributed by atoms with Crippen LogP contribution in [0.4, 0.5) is 0 Å². The largest absolute Gasteiger partial charge is 0.341 e. The first-order valence-corrected chi connectivity index (χ1v) is 7.63. The lowest BCUT2D eigenvalue weighted by Crippen LogP contribution is -2.47. The summed E-state index contributed by atoms with van der Waals surface area (Å²) in [5.41, 5.74) is 0. The van der Waals surface area contributed by atoms with Gasteiger partial charge in [0.2, 0.25) is 5.91 Å². The summed E-state index contributed by atoms with van der Waals surface area (Å²) in [7, 11) is 6.24. The van der Waals surface area contributed by atoms with Gasteiger partial charge in [-0.3, -0.25) is 4.79 Å². The average molecular weight is 269 g/mol. The van der Waals surface area contributed by atoms with Crippen molar-refractivity contribution in [1.29, 1.82) is 0 Å². The van der Waals surface area contributed by atoms with E-state index in [0.717, 1.165) is 45.4 Å². The SMILES string of the molecule is CC[C@H](CN(C)CC)N(C)C(=O)C1CCN(C)CC1. The van der Waals surface area contributed by atoms with Gasteiger partial charge >= 0.3 is 0 Å². The van der Waals surface area contributed by atoms with Crippen molar-refractivity contribution in [1.82, 2.24) is 14.7 Å². The number of hydrogen-bond acceptors (Lipinski definition) is 3. The van der Waals surface area contributed by atoms with Gasteiger partial charge in [0.25, 0.3) is 0 Å². The Kier molecular flexibility index (Phi) is 6.80. The van der Waals surface area contributed by atoms with Crippen molar-refractivity contribution < 1.29 is 4.79 Å². The maximum atomic E-state index is 12.6. The Morgan fingerprint density at radius 3 is 2.32 bits per heavy atom. The topological polar surface area (TPSA) is 26.8 Å². The maximum Gasteiger partial charge on any atom is 0.225 e. The molecule has 19 heavy (non-hydrogen) atoms. The van der Waals surface area contributed by atoms with Gasteiger partial charge in [0.1, 0.15) is 0 Å². The maximum absolute atomic E-state index is 12.6. The van der Waals surface area contributed by atoms with Crippen molar-refractivity contribution in [2.75, 3.05) is 47.3 Å². The lowest BCUT2D eigenvalue weighted by atomic mass is 9.95. The molecule has 1 saturated heterocycles. The van der Waals surface area contributed by atoms with E-state index in [2.05, 4.69) is 37.7 Å². The van der Waals surface area contributed by atoms with Crippen LogP contribution >= 0.6 is 0 Å². The van der Waals surface area contributed by atoms with Gasteiger partial charge in [-0.2, -0.15) is 0 Å². The third kappa shape index (κ3) is 4.77. The summed E-state index contributed by atoms with van der Waals surface area (Å²) in [5.74, 6) is 0.589. The Hall–Kier alpha value is -0.610. The second kappa shape index (κ2) is 7.85. The molecule has 1 aliphatic heterocycles. The highest BCUT2D eigenvalue weighted by molar-refractivity contribution is 5.79. The lowest BCUT2D eigenvalue weighted by Gasteiger charge is -2.35. The van der Waals surface area contributed by atoms with Crippen molar-refractivity contribution in [3.8, 4) is 0 Å². The van der Waals surface area contributed by atoms with Crippen LogP contribution in [0.15, 0.2) is 0 Å². The van der Waals surface area contributed by atoms with Crippen molar-refractivity contribution in [2.45, 2.75) is 39.2 Å². The van der Waals surface area contributed by atoms with Gasteiger partial charge in [-0.1, -0.05) is 13.8 Å². The molecular weight excluding hydrogens is 238 g/mol. The van der Waals surface area contributed by atoms with Gasteiger partial charge in [-0.15, -0.1) is 0 Å². The molecule has 0 unspecified atom stereocenters. The number of carbonyl (C=O) groups excluding carboxylic acids is 1. The molecule has 4 heteroatoms. The summed E-state index contributed by atoms with van der Waals surface area (Å²) < 4.78 is 0. The van der Waals surface area contributed by atoms with Gasteiger partial charge in [0.15, 0.2) is 0 Å². The molecule has 0 saturated carbocycles. The van der Waals surface area contributed by atoms with Gasteiger partial charge in [-0.05, 0) is 53.0 Å². The molecule has 4 nitrogen and oxygen atoms in total. The smallest absolute Gasteiger partial charge is 0.225 e. The molecule has 0 radical (unpaired) electrons. The number of rotatable bonds is 6. The Morgan fingerprint density at radius 2 is 1.84 bits per heavy atom. The third-order valence-electron chi connectivity index (χ3n) is 4.50. The predicted octanol–water partition coefficient (Wildman–Crippen LogP) is 1.52. The minimum absolute atomic E-state index is 0.238. The van der Waals surface area contributed by atoms with Crippen molar-refractivity contribution in [2.24, 2.45) is 5.92 Å². The second-order valence-corrected chi connectivity index (χ2v) is 5.94. The van der Waals surface area contributed by atoms with Crippen LogP contribution in [0.5, 0.6) is 0 Å². The summed E-state index contributed by atoms with van der Waals surface area (Å²) in [6.07, 6.45) is 3.05. The van der Waals surface area contributed by atoms with Crippen molar-refractivity contribution >= 4 is 5.91 Å². The summed E-state index contributed by atoms with van der Waals surface area (Å²) >= 11 is 0. The van der Waals surface area contributed by atoms with E-state index in [1.165, 1.54) is 0 Å². The van der Waals surface area contributed by atoms with E-state index in [1.54, 1.807) is 0 Å². The molecule has 0 aliphatic carbocycles. The molecule has 1 atom stereocenters. The molecule has 1 amide bonds. The lowest BCUT2D eigenvalue weighted by molar-refractivity contribution is -0.138. The van der Waals surface area contributed by atoms with E-state index < -0.39 is 0 Å². The van der Waals surface area contributed by atoms with Crippen molar-refractivity contribution in [3.63, 3.8) is 0 Å². The van der Waals surface area contributed by atoms with Crippen LogP contribution in [0, 0.1) is 5.92 Å². The second-order valence-electron chi connectivity index (χ2n) is 5.94. The highest BCUT2D eigenvalue weighted by atomic mass is 16.2. The van der Waals surface area contributed by atoms with E-state index in [1.807, 2.05) is 11.9 Å². The number of carbonyl (C=O) groups is 1. The van der Waals surface area contributed by atoms with Crippen LogP contribution in [0.2, 0.25) is 0 Å². The summed E-state index contributed by atoms with van der Waals surface area (Å²) in [4.78, 5) is 19.2. The van der Waals surface area contributed by atoms with Crippen LogP contribution in [0.1, 0.15) is 33.1 Å². The Bertz CT molecular complexity index is 275. The van der Waals surface area contributed by atoms with Crippen LogP contribution in [-0.2, 0) is 4.79 Å². The summed E-state index contributed by atoms with van der Waals surface area (Å²) in [6, 6.07) is 0.345. The first-order valence-electron chi connectivity index (χ1n) is 7.63. The first-order chi connectivity index (χ1) is 8.99. The number of amides is 1. The third-order valence-corrected chi connectivity index (χ3v) is 4.50. The Labute approximate surface area is 118 Å². The molecular formula is C15H31N3O. The standard InChI is InChI=1S/C15H31N3O/c1-6-14(12-16(3)7-2)18(5)15(19)13-8-10-17(4)11-9-13/h13-14H,6-12H2,1-5H3/t14-/m1/s1. The molecule has 1 rings (SSSR count). The molecule has 0 bridgehead atoms. The van der Waals surface area contributed by atoms with E-state index in [4.69, 9.17) is 0 Å². The normalized spacial score (nSPS) is 19.7. The van der Waals surface area contributed by atoms with Crippen LogP contribution < -0.4 is 0 Å². The molecule has 112 valence electrons. The molecule has 0 aromatic carbocycles. The van der Waals surface area contributed by atoms with E-state index >= 15 is 0 Å². The Balaban J connectivity index is 2.53. The molecule has 0 aromatic heterocycles. The number of hydrogen-bond donors (Lipinski definition) is 0. The average Bonchev–Trinajstić information content (AvgIpc) is 2.43. The van der Waals surface area contributed by atoms with E-state index in [9.17, 15) is 4.79 Å². The summed E-state index contributed by atoms with van der Waals surface area (Å²) in [5, 5.41) is 0. The van der Waals surface area contributed by atoms with Gasteiger partial charge < -0.3 is 14.7 Å². The quantitative estimate of drug-likeness (QED) is 0.731. The van der Waals surface area contributed by atoms with Gasteiger partial charge in [0, 0.05) is 25.6 Å². The molecule has 0 spiro atoms. The number of nitrogens with zero attached hydrogens (tertiary/aromatic N) is 3. The van der Waals surface area contributed by atoms with Crippen LogP contribution in [0.3, 0.4) is 0 Å². The predicted molar refractivity (Wildman–Crippen MR) is 80.2 cm³/mol. The fourth-order valence-corrected chi connectivity index (χ4v) is 2.74. The van der Waals surface area contributed by atoms with E-state index in [-0.39, 0.29) is 5.92 Å². The zero-order chi connectivity index (χ0) is 14.4. The van der Waals surface area contributed by atoms with E-state index in [0.29, 0.717) is 11.9 Å². The molecule has 1 aliphatic rings. The molecule has 1 fully saturated rings. The number of likely N-dealkylation sites (tertiary alicyclic amines) is 1. The zero-order valence-electron chi connectivity index (χ0n) is 13.4. The first kappa shape index (κ1) is 16.4. The monoisotopic (exact) mass is 269 g/mol. The highest BCUT2D eigenvalue weighted by Crippen LogP contribution is 2.20. The zero-order valence-corrected chi connectivity index (χ0v) is 13.4. The highest BCUT2D eigenvalue weighted by Gasteiger charge is 2.28. The van der Waals surface area contributed by atoms with Crippen molar-refractivity contribution in [3.05, 3.63) is 0 Å². The molecule has 0 aromatic rings. The summed E-state index contributed by atoms with van der Waals surface area (Å²) in [6.45, 7) is 8.44.